The van der Waals surface area contributed by atoms with Gasteiger partial charge in [0.15, 0.2) is 0 Å². The molecule has 0 atom stereocenters. The van der Waals surface area contributed by atoms with Crippen molar-refractivity contribution in [3.63, 3.8) is 0 Å². The summed E-state index contributed by atoms with van der Waals surface area (Å²) in [6.45, 7) is 4.80. The van der Waals surface area contributed by atoms with Gasteiger partial charge in [-0.2, -0.15) is 0 Å². The van der Waals surface area contributed by atoms with Crippen LogP contribution in [0.3, 0.4) is 0 Å². The first kappa shape index (κ1) is 16.8. The predicted octanol–water partition coefficient (Wildman–Crippen LogP) is 2.05. The molecule has 2 heterocycles. The van der Waals surface area contributed by atoms with E-state index in [2.05, 4.69) is 0 Å². The monoisotopic (exact) mass is 353 g/mol. The molecule has 2 fully saturated rings. The number of piperazine rings is 1. The van der Waals surface area contributed by atoms with E-state index in [1.54, 1.807) is 0 Å². The van der Waals surface area contributed by atoms with Crippen LogP contribution in [-0.4, -0.2) is 79.1 Å². The van der Waals surface area contributed by atoms with E-state index in [-0.39, 0.29) is 11.9 Å². The van der Waals surface area contributed by atoms with Crippen molar-refractivity contribution in [3.05, 3.63) is 48.0 Å². The van der Waals surface area contributed by atoms with Crippen molar-refractivity contribution in [2.75, 3.05) is 52.5 Å². The van der Waals surface area contributed by atoms with E-state index in [9.17, 15) is 9.59 Å². The molecule has 0 saturated carbocycles. The highest BCUT2D eigenvalue weighted by molar-refractivity contribution is 5.98. The van der Waals surface area contributed by atoms with Crippen LogP contribution in [0.5, 0.6) is 0 Å². The SMILES string of the molecule is O=C(c1ccc2ccccc2c1)N1CCN(C(=O)N2CCOCC2)CC1. The van der Waals surface area contributed by atoms with Gasteiger partial charge in [-0.05, 0) is 22.9 Å². The average molecular weight is 353 g/mol. The number of carbonyl (C=O) groups is 2. The maximum Gasteiger partial charge on any atom is 0.320 e. The van der Waals surface area contributed by atoms with E-state index in [1.807, 2.05) is 57.2 Å². The Hall–Kier alpha value is -2.60. The minimum atomic E-state index is 0.0363. The summed E-state index contributed by atoms with van der Waals surface area (Å²) in [7, 11) is 0. The Morgan fingerprint density at radius 3 is 2.08 bits per heavy atom. The number of carbonyl (C=O) groups excluding carboxylic acids is 2. The average Bonchev–Trinajstić information content (AvgIpc) is 2.73. The molecule has 2 saturated heterocycles. The van der Waals surface area contributed by atoms with Gasteiger partial charge >= 0.3 is 6.03 Å². The summed E-state index contributed by atoms with van der Waals surface area (Å²) in [5.74, 6) is 0.0363. The number of morpholine rings is 1. The summed E-state index contributed by atoms with van der Waals surface area (Å²) in [5, 5.41) is 2.20. The number of benzene rings is 2. The third-order valence-corrected chi connectivity index (χ3v) is 5.12. The summed E-state index contributed by atoms with van der Waals surface area (Å²) in [4.78, 5) is 30.9. The Morgan fingerprint density at radius 2 is 1.35 bits per heavy atom. The molecule has 0 bridgehead atoms. The summed E-state index contributed by atoms with van der Waals surface area (Å²) in [5.41, 5.74) is 0.705. The lowest BCUT2D eigenvalue weighted by atomic mass is 10.1. The first-order valence-electron chi connectivity index (χ1n) is 9.12. The molecule has 6 nitrogen and oxygen atoms in total. The quantitative estimate of drug-likeness (QED) is 0.788. The molecule has 26 heavy (non-hydrogen) atoms. The molecule has 2 aliphatic rings. The molecule has 6 heteroatoms. The van der Waals surface area contributed by atoms with Crippen molar-refractivity contribution in [1.29, 1.82) is 0 Å². The topological polar surface area (TPSA) is 53.1 Å². The third kappa shape index (κ3) is 3.37. The Morgan fingerprint density at radius 1 is 0.731 bits per heavy atom. The van der Waals surface area contributed by atoms with Gasteiger partial charge in [0.05, 0.1) is 13.2 Å². The minimum Gasteiger partial charge on any atom is -0.378 e. The lowest BCUT2D eigenvalue weighted by Crippen LogP contribution is -2.55. The van der Waals surface area contributed by atoms with Crippen LogP contribution in [0.2, 0.25) is 0 Å². The molecule has 0 N–H and O–H groups in total. The Bertz CT molecular complexity index is 809. The fourth-order valence-corrected chi connectivity index (χ4v) is 3.56. The molecule has 4 rings (SSSR count). The lowest BCUT2D eigenvalue weighted by Gasteiger charge is -2.38. The number of rotatable bonds is 1. The number of ether oxygens (including phenoxy) is 1. The zero-order chi connectivity index (χ0) is 17.9. The second kappa shape index (κ2) is 7.33. The van der Waals surface area contributed by atoms with Gasteiger partial charge in [0.1, 0.15) is 0 Å². The maximum atomic E-state index is 12.8. The number of urea groups is 1. The maximum absolute atomic E-state index is 12.8. The van der Waals surface area contributed by atoms with Crippen LogP contribution in [0, 0.1) is 0 Å². The largest absolute Gasteiger partial charge is 0.378 e. The van der Waals surface area contributed by atoms with Gasteiger partial charge in [-0.3, -0.25) is 4.79 Å². The van der Waals surface area contributed by atoms with Gasteiger partial charge in [-0.15, -0.1) is 0 Å². The van der Waals surface area contributed by atoms with Gasteiger partial charge in [-0.1, -0.05) is 30.3 Å². The van der Waals surface area contributed by atoms with E-state index < -0.39 is 0 Å². The van der Waals surface area contributed by atoms with Gasteiger partial charge < -0.3 is 19.4 Å². The van der Waals surface area contributed by atoms with Crippen molar-refractivity contribution in [3.8, 4) is 0 Å². The van der Waals surface area contributed by atoms with Gasteiger partial charge in [0.25, 0.3) is 5.91 Å². The summed E-state index contributed by atoms with van der Waals surface area (Å²) in [6.07, 6.45) is 0. The molecule has 2 aromatic carbocycles. The number of amides is 3. The fourth-order valence-electron chi connectivity index (χ4n) is 3.56. The predicted molar refractivity (Wildman–Crippen MR) is 99.2 cm³/mol. The summed E-state index contributed by atoms with van der Waals surface area (Å²) in [6, 6.07) is 13.9. The molecule has 2 aliphatic heterocycles. The van der Waals surface area contributed by atoms with Crippen molar-refractivity contribution in [2.24, 2.45) is 0 Å². The smallest absolute Gasteiger partial charge is 0.320 e. The van der Waals surface area contributed by atoms with Crippen LogP contribution in [0.25, 0.3) is 10.8 Å². The highest BCUT2D eigenvalue weighted by Crippen LogP contribution is 2.18. The molecule has 0 aromatic heterocycles. The number of nitrogens with zero attached hydrogens (tertiary/aromatic N) is 3. The molecule has 2 aromatic rings. The number of hydrogen-bond donors (Lipinski definition) is 0. The molecule has 0 unspecified atom stereocenters. The highest BCUT2D eigenvalue weighted by Gasteiger charge is 2.28. The molecule has 0 spiro atoms. The highest BCUT2D eigenvalue weighted by atomic mass is 16.5. The van der Waals surface area contributed by atoms with Crippen LogP contribution in [0.1, 0.15) is 10.4 Å². The van der Waals surface area contributed by atoms with E-state index in [1.165, 1.54) is 0 Å². The van der Waals surface area contributed by atoms with Crippen LogP contribution in [0.15, 0.2) is 42.5 Å². The molecule has 136 valence electrons. The van der Waals surface area contributed by atoms with E-state index in [0.29, 0.717) is 58.0 Å². The Balaban J connectivity index is 1.39. The zero-order valence-corrected chi connectivity index (χ0v) is 14.8. The van der Waals surface area contributed by atoms with Gasteiger partial charge in [-0.25, -0.2) is 4.79 Å². The third-order valence-electron chi connectivity index (χ3n) is 5.12. The van der Waals surface area contributed by atoms with Crippen LogP contribution in [-0.2, 0) is 4.74 Å². The second-order valence-electron chi connectivity index (χ2n) is 6.72. The van der Waals surface area contributed by atoms with E-state index in [4.69, 9.17) is 4.74 Å². The van der Waals surface area contributed by atoms with Crippen molar-refractivity contribution < 1.29 is 14.3 Å². The second-order valence-corrected chi connectivity index (χ2v) is 6.72. The van der Waals surface area contributed by atoms with Crippen LogP contribution >= 0.6 is 0 Å². The van der Waals surface area contributed by atoms with Gasteiger partial charge in [0, 0.05) is 44.8 Å². The summed E-state index contributed by atoms with van der Waals surface area (Å²) >= 11 is 0. The Labute approximate surface area is 152 Å². The van der Waals surface area contributed by atoms with Crippen molar-refractivity contribution in [1.82, 2.24) is 14.7 Å². The fraction of sp³-hybridized carbons (Fsp3) is 0.400. The first-order chi connectivity index (χ1) is 12.7. The molecular formula is C20H23N3O3. The normalized spacial score (nSPS) is 18.2. The number of fused-ring (bicyclic) bond motifs is 1. The Kier molecular flexibility index (Phi) is 4.75. The van der Waals surface area contributed by atoms with Crippen molar-refractivity contribution >= 4 is 22.7 Å². The first-order valence-corrected chi connectivity index (χ1v) is 9.12. The summed E-state index contributed by atoms with van der Waals surface area (Å²) < 4.78 is 5.30. The number of hydrogen-bond acceptors (Lipinski definition) is 3. The zero-order valence-electron chi connectivity index (χ0n) is 14.8. The van der Waals surface area contributed by atoms with Crippen LogP contribution in [0.4, 0.5) is 4.79 Å². The van der Waals surface area contributed by atoms with E-state index in [0.717, 1.165) is 10.8 Å². The van der Waals surface area contributed by atoms with Gasteiger partial charge in [0.2, 0.25) is 0 Å². The minimum absolute atomic E-state index is 0.0363. The molecule has 0 radical (unpaired) electrons. The molecular weight excluding hydrogens is 330 g/mol. The van der Waals surface area contributed by atoms with E-state index >= 15 is 0 Å². The molecule has 0 aliphatic carbocycles. The molecule has 3 amide bonds. The standard InChI is InChI=1S/C20H23N3O3/c24-19(18-6-5-16-3-1-2-4-17(16)15-18)21-7-9-22(10-8-21)20(25)23-11-13-26-14-12-23/h1-6,15H,7-14H2. The van der Waals surface area contributed by atoms with Crippen LogP contribution < -0.4 is 0 Å². The lowest BCUT2D eigenvalue weighted by molar-refractivity contribution is 0.0362. The van der Waals surface area contributed by atoms with Crippen molar-refractivity contribution in [2.45, 2.75) is 0 Å².